The number of nitrogens with zero attached hydrogens (tertiary/aromatic N) is 3. The summed E-state index contributed by atoms with van der Waals surface area (Å²) in [5.41, 5.74) is -0.0549. The van der Waals surface area contributed by atoms with Gasteiger partial charge in [0, 0.05) is 43.9 Å². The first-order valence-corrected chi connectivity index (χ1v) is 7.56. The van der Waals surface area contributed by atoms with Gasteiger partial charge in [0.2, 0.25) is 0 Å². The molecule has 18 heavy (non-hydrogen) atoms. The van der Waals surface area contributed by atoms with Crippen molar-refractivity contribution in [1.82, 2.24) is 14.5 Å². The van der Waals surface area contributed by atoms with Crippen molar-refractivity contribution < 1.29 is 4.74 Å². The normalized spacial score (nSPS) is 24.3. The van der Waals surface area contributed by atoms with E-state index in [0.717, 1.165) is 37.3 Å². The second-order valence-electron chi connectivity index (χ2n) is 5.56. The average Bonchev–Trinajstić information content (AvgIpc) is 2.70. The third-order valence-corrected chi connectivity index (χ3v) is 4.03. The minimum Gasteiger partial charge on any atom is -0.369 e. The van der Waals surface area contributed by atoms with Gasteiger partial charge in [0.15, 0.2) is 0 Å². The molecule has 0 amide bonds. The van der Waals surface area contributed by atoms with E-state index >= 15 is 0 Å². The molecule has 102 valence electrons. The Morgan fingerprint density at radius 3 is 2.89 bits per heavy atom. The Morgan fingerprint density at radius 2 is 2.28 bits per heavy atom. The van der Waals surface area contributed by atoms with Gasteiger partial charge in [-0.05, 0) is 20.8 Å². The van der Waals surface area contributed by atoms with Crippen LogP contribution in [0.4, 0.5) is 0 Å². The largest absolute Gasteiger partial charge is 0.369 e. The lowest BCUT2D eigenvalue weighted by atomic mass is 10.1. The molecule has 0 N–H and O–H groups in total. The van der Waals surface area contributed by atoms with Crippen LogP contribution in [0.15, 0.2) is 12.4 Å². The van der Waals surface area contributed by atoms with E-state index in [1.807, 2.05) is 19.3 Å². The molecule has 0 spiro atoms. The molecule has 1 aromatic heterocycles. The minimum atomic E-state index is -0.0549. The van der Waals surface area contributed by atoms with Gasteiger partial charge in [-0.1, -0.05) is 15.9 Å². The third kappa shape index (κ3) is 3.56. The highest BCUT2D eigenvalue weighted by molar-refractivity contribution is 9.09. The molecule has 1 aromatic rings. The summed E-state index contributed by atoms with van der Waals surface area (Å²) in [6.45, 7) is 10.4. The Morgan fingerprint density at radius 1 is 1.50 bits per heavy atom. The number of alkyl halides is 1. The quantitative estimate of drug-likeness (QED) is 0.797. The maximum atomic E-state index is 6.01. The van der Waals surface area contributed by atoms with E-state index in [1.165, 1.54) is 0 Å². The van der Waals surface area contributed by atoms with Gasteiger partial charge in [-0.25, -0.2) is 4.98 Å². The summed E-state index contributed by atoms with van der Waals surface area (Å²) in [6, 6.07) is 0. The lowest BCUT2D eigenvalue weighted by Gasteiger charge is -2.42. The Labute approximate surface area is 117 Å². The molecule has 1 saturated heterocycles. The van der Waals surface area contributed by atoms with Crippen LogP contribution >= 0.6 is 15.9 Å². The highest BCUT2D eigenvalue weighted by atomic mass is 79.9. The van der Waals surface area contributed by atoms with Crippen molar-refractivity contribution >= 4 is 15.9 Å². The van der Waals surface area contributed by atoms with Crippen molar-refractivity contribution in [2.45, 2.75) is 39.0 Å². The molecular formula is C13H22BrN3O. The molecule has 0 aliphatic carbocycles. The molecule has 2 rings (SSSR count). The summed E-state index contributed by atoms with van der Waals surface area (Å²) in [5.74, 6) is 1.08. The van der Waals surface area contributed by atoms with E-state index in [2.05, 4.69) is 44.2 Å². The summed E-state index contributed by atoms with van der Waals surface area (Å²) in [6.07, 6.45) is 4.19. The van der Waals surface area contributed by atoms with Crippen LogP contribution in [0.25, 0.3) is 0 Å². The molecule has 5 heteroatoms. The number of morpholine rings is 1. The van der Waals surface area contributed by atoms with Crippen LogP contribution in [0.5, 0.6) is 0 Å². The number of halogens is 1. The summed E-state index contributed by atoms with van der Waals surface area (Å²) in [7, 11) is 0. The van der Waals surface area contributed by atoms with E-state index in [4.69, 9.17) is 4.74 Å². The molecule has 4 nitrogen and oxygen atoms in total. The van der Waals surface area contributed by atoms with E-state index in [0.29, 0.717) is 0 Å². The van der Waals surface area contributed by atoms with Crippen LogP contribution in [0.3, 0.4) is 0 Å². The number of hydrogen-bond donors (Lipinski definition) is 0. The van der Waals surface area contributed by atoms with Crippen molar-refractivity contribution in [3.8, 4) is 0 Å². The Kier molecular flexibility index (Phi) is 4.45. The lowest BCUT2D eigenvalue weighted by Crippen LogP contribution is -2.53. The molecule has 1 aliphatic rings. The second kappa shape index (κ2) is 5.72. The number of aromatic nitrogens is 2. The van der Waals surface area contributed by atoms with Gasteiger partial charge in [-0.3, -0.25) is 4.90 Å². The predicted molar refractivity (Wildman–Crippen MR) is 76.2 cm³/mol. The van der Waals surface area contributed by atoms with Gasteiger partial charge in [0.05, 0.1) is 11.7 Å². The monoisotopic (exact) mass is 315 g/mol. The molecule has 0 saturated carbocycles. The van der Waals surface area contributed by atoms with Crippen LogP contribution < -0.4 is 0 Å². The molecule has 1 unspecified atom stereocenters. The maximum absolute atomic E-state index is 6.01. The van der Waals surface area contributed by atoms with E-state index < -0.39 is 0 Å². The zero-order chi connectivity index (χ0) is 13.2. The molecule has 1 atom stereocenters. The van der Waals surface area contributed by atoms with E-state index in [1.54, 1.807) is 0 Å². The van der Waals surface area contributed by atoms with E-state index in [9.17, 15) is 0 Å². The highest BCUT2D eigenvalue weighted by Gasteiger charge is 2.32. The van der Waals surface area contributed by atoms with Gasteiger partial charge in [0.1, 0.15) is 5.82 Å². The van der Waals surface area contributed by atoms with Crippen molar-refractivity contribution in [2.24, 2.45) is 0 Å². The zero-order valence-electron chi connectivity index (χ0n) is 11.4. The molecule has 1 aliphatic heterocycles. The van der Waals surface area contributed by atoms with Gasteiger partial charge in [0.25, 0.3) is 0 Å². The van der Waals surface area contributed by atoms with Gasteiger partial charge >= 0.3 is 0 Å². The highest BCUT2D eigenvalue weighted by Crippen LogP contribution is 2.21. The standard InChI is InChI=1S/C13H22BrN3O/c1-11-15-4-5-17(11)7-6-16-9-12(8-14)18-13(2,3)10-16/h4-5,12H,6-10H2,1-3H3. The Hall–Kier alpha value is -0.390. The van der Waals surface area contributed by atoms with Crippen molar-refractivity contribution in [1.29, 1.82) is 0 Å². The molecule has 2 heterocycles. The van der Waals surface area contributed by atoms with Crippen LogP contribution in [-0.4, -0.2) is 51.1 Å². The van der Waals surface area contributed by atoms with Crippen LogP contribution in [0.2, 0.25) is 0 Å². The SMILES string of the molecule is Cc1nccn1CCN1CC(CBr)OC(C)(C)C1. The number of aryl methyl sites for hydroxylation is 1. The molecule has 1 fully saturated rings. The molecule has 0 aromatic carbocycles. The fourth-order valence-electron chi connectivity index (χ4n) is 2.56. The lowest BCUT2D eigenvalue weighted by molar-refractivity contribution is -0.126. The first-order chi connectivity index (χ1) is 8.50. The fourth-order valence-corrected chi connectivity index (χ4v) is 2.89. The van der Waals surface area contributed by atoms with Crippen molar-refractivity contribution in [2.75, 3.05) is 25.0 Å². The molecular weight excluding hydrogens is 294 g/mol. The average molecular weight is 316 g/mol. The molecule has 0 radical (unpaired) electrons. The number of imidazole rings is 1. The topological polar surface area (TPSA) is 30.3 Å². The van der Waals surface area contributed by atoms with Crippen molar-refractivity contribution in [3.05, 3.63) is 18.2 Å². The van der Waals surface area contributed by atoms with Crippen LogP contribution in [0.1, 0.15) is 19.7 Å². The van der Waals surface area contributed by atoms with Crippen LogP contribution in [-0.2, 0) is 11.3 Å². The fraction of sp³-hybridized carbons (Fsp3) is 0.769. The van der Waals surface area contributed by atoms with Crippen molar-refractivity contribution in [3.63, 3.8) is 0 Å². The van der Waals surface area contributed by atoms with E-state index in [-0.39, 0.29) is 11.7 Å². The molecule has 0 bridgehead atoms. The van der Waals surface area contributed by atoms with Gasteiger partial charge in [-0.15, -0.1) is 0 Å². The Balaban J connectivity index is 1.90. The maximum Gasteiger partial charge on any atom is 0.105 e. The number of rotatable bonds is 4. The predicted octanol–water partition coefficient (Wildman–Crippen LogP) is 2.07. The first kappa shape index (κ1) is 14.0. The summed E-state index contributed by atoms with van der Waals surface area (Å²) in [4.78, 5) is 6.73. The summed E-state index contributed by atoms with van der Waals surface area (Å²) < 4.78 is 8.21. The minimum absolute atomic E-state index is 0.0549. The number of hydrogen-bond acceptors (Lipinski definition) is 3. The summed E-state index contributed by atoms with van der Waals surface area (Å²) in [5, 5.41) is 0.900. The number of ether oxygens (including phenoxy) is 1. The second-order valence-corrected chi connectivity index (χ2v) is 6.20. The Bertz CT molecular complexity index is 391. The first-order valence-electron chi connectivity index (χ1n) is 6.44. The third-order valence-electron chi connectivity index (χ3n) is 3.30. The smallest absolute Gasteiger partial charge is 0.105 e. The van der Waals surface area contributed by atoms with Crippen LogP contribution in [0, 0.1) is 6.92 Å². The van der Waals surface area contributed by atoms with Gasteiger partial charge in [-0.2, -0.15) is 0 Å². The van der Waals surface area contributed by atoms with Gasteiger partial charge < -0.3 is 9.30 Å². The zero-order valence-corrected chi connectivity index (χ0v) is 13.0. The summed E-state index contributed by atoms with van der Waals surface area (Å²) >= 11 is 3.52.